The number of rotatable bonds is 1. The first-order chi connectivity index (χ1) is 9.16. The second kappa shape index (κ2) is 4.43. The minimum Gasteiger partial charge on any atom is -0.397 e. The molecule has 19 heavy (non-hydrogen) atoms. The van der Waals surface area contributed by atoms with Crippen LogP contribution in [-0.2, 0) is 6.42 Å². The minimum absolute atomic E-state index is 0.0409. The van der Waals surface area contributed by atoms with Gasteiger partial charge in [0.15, 0.2) is 0 Å². The van der Waals surface area contributed by atoms with E-state index in [1.165, 1.54) is 0 Å². The lowest BCUT2D eigenvalue weighted by molar-refractivity contribution is 0.0981. The number of nitrogen functional groups attached to an aromatic ring is 1. The summed E-state index contributed by atoms with van der Waals surface area (Å²) in [7, 11) is 0. The zero-order valence-electron chi connectivity index (χ0n) is 10.9. The third-order valence-electron chi connectivity index (χ3n) is 3.57. The van der Waals surface area contributed by atoms with Crippen LogP contribution in [0, 0.1) is 6.92 Å². The Morgan fingerprint density at radius 2 is 1.95 bits per heavy atom. The summed E-state index contributed by atoms with van der Waals surface area (Å²) in [4.78, 5) is 14.3. The van der Waals surface area contributed by atoms with E-state index in [2.05, 4.69) is 0 Å². The number of anilines is 2. The molecule has 0 aromatic heterocycles. The average Bonchev–Trinajstić information content (AvgIpc) is 2.43. The number of benzene rings is 2. The van der Waals surface area contributed by atoms with Crippen LogP contribution in [0.2, 0.25) is 0 Å². The van der Waals surface area contributed by atoms with Crippen LogP contribution in [0.5, 0.6) is 0 Å². The van der Waals surface area contributed by atoms with Crippen molar-refractivity contribution >= 4 is 17.3 Å². The van der Waals surface area contributed by atoms with Crippen molar-refractivity contribution in [3.8, 4) is 0 Å². The van der Waals surface area contributed by atoms with E-state index in [1.54, 1.807) is 4.90 Å². The Balaban J connectivity index is 2.05. The van der Waals surface area contributed by atoms with Gasteiger partial charge in [0.2, 0.25) is 0 Å². The first-order valence-corrected chi connectivity index (χ1v) is 6.43. The van der Waals surface area contributed by atoms with Gasteiger partial charge in [-0.25, -0.2) is 0 Å². The van der Waals surface area contributed by atoms with Gasteiger partial charge < -0.3 is 10.6 Å². The number of hydrogen-bond acceptors (Lipinski definition) is 2. The molecule has 3 nitrogen and oxygen atoms in total. The Morgan fingerprint density at radius 3 is 2.79 bits per heavy atom. The molecule has 1 aliphatic rings. The van der Waals surface area contributed by atoms with E-state index in [0.29, 0.717) is 12.2 Å². The van der Waals surface area contributed by atoms with Crippen LogP contribution < -0.4 is 10.6 Å². The predicted octanol–water partition coefficient (Wildman–Crippen LogP) is 2.78. The number of nitrogens with zero attached hydrogens (tertiary/aromatic N) is 1. The normalized spacial score (nSPS) is 14.4. The maximum Gasteiger partial charge on any atom is 0.258 e. The lowest BCUT2D eigenvalue weighted by Crippen LogP contribution is -2.38. The lowest BCUT2D eigenvalue weighted by Gasteiger charge is -2.29. The first kappa shape index (κ1) is 11.8. The Bertz CT molecular complexity index is 649. The number of amides is 1. The molecular weight excluding hydrogens is 236 g/mol. The van der Waals surface area contributed by atoms with E-state index in [9.17, 15) is 4.79 Å². The van der Waals surface area contributed by atoms with Gasteiger partial charge in [0.25, 0.3) is 5.91 Å². The largest absolute Gasteiger partial charge is 0.397 e. The van der Waals surface area contributed by atoms with Crippen molar-refractivity contribution in [1.82, 2.24) is 0 Å². The highest BCUT2D eigenvalue weighted by molar-refractivity contribution is 6.09. The van der Waals surface area contributed by atoms with Crippen LogP contribution in [0.1, 0.15) is 21.5 Å². The summed E-state index contributed by atoms with van der Waals surface area (Å²) >= 11 is 0. The Morgan fingerprint density at radius 1 is 1.16 bits per heavy atom. The van der Waals surface area contributed by atoms with E-state index in [1.807, 2.05) is 49.4 Å². The second-order valence-electron chi connectivity index (χ2n) is 4.93. The molecule has 0 fully saturated rings. The third-order valence-corrected chi connectivity index (χ3v) is 3.57. The number of nitrogens with two attached hydrogens (primary N) is 1. The maximum atomic E-state index is 12.6. The number of carbonyl (C=O) groups excluding carboxylic acids is 1. The monoisotopic (exact) mass is 252 g/mol. The molecule has 1 amide bonds. The molecule has 3 rings (SSSR count). The van der Waals surface area contributed by atoms with Crippen molar-refractivity contribution in [3.63, 3.8) is 0 Å². The van der Waals surface area contributed by atoms with Gasteiger partial charge in [0, 0.05) is 12.1 Å². The Hall–Kier alpha value is -2.29. The number of carbonyl (C=O) groups is 1. The summed E-state index contributed by atoms with van der Waals surface area (Å²) in [5.41, 5.74) is 10.5. The average molecular weight is 252 g/mol. The maximum absolute atomic E-state index is 12.6. The SMILES string of the molecule is Cc1ccc(N)c(N2CCc3ccccc3C2=O)c1. The van der Waals surface area contributed by atoms with Gasteiger partial charge in [-0.1, -0.05) is 24.3 Å². The highest BCUT2D eigenvalue weighted by atomic mass is 16.2. The van der Waals surface area contributed by atoms with Crippen LogP contribution in [0.4, 0.5) is 11.4 Å². The lowest BCUT2D eigenvalue weighted by atomic mass is 9.98. The Kier molecular flexibility index (Phi) is 2.75. The summed E-state index contributed by atoms with van der Waals surface area (Å²) < 4.78 is 0. The molecule has 0 atom stereocenters. The molecule has 0 radical (unpaired) electrons. The molecule has 0 aliphatic carbocycles. The fourth-order valence-electron chi connectivity index (χ4n) is 2.54. The molecule has 2 N–H and O–H groups in total. The van der Waals surface area contributed by atoms with Gasteiger partial charge in [0.05, 0.1) is 11.4 Å². The first-order valence-electron chi connectivity index (χ1n) is 6.43. The zero-order valence-corrected chi connectivity index (χ0v) is 10.9. The Labute approximate surface area is 112 Å². The minimum atomic E-state index is 0.0409. The van der Waals surface area contributed by atoms with Crippen molar-refractivity contribution in [2.75, 3.05) is 17.2 Å². The van der Waals surface area contributed by atoms with Crippen molar-refractivity contribution < 1.29 is 4.79 Å². The molecule has 96 valence electrons. The molecule has 0 saturated heterocycles. The molecule has 0 unspecified atom stereocenters. The highest BCUT2D eigenvalue weighted by Crippen LogP contribution is 2.29. The van der Waals surface area contributed by atoms with E-state index < -0.39 is 0 Å². The fraction of sp³-hybridized carbons (Fsp3) is 0.188. The fourth-order valence-corrected chi connectivity index (χ4v) is 2.54. The molecule has 2 aromatic rings. The van der Waals surface area contributed by atoms with Crippen LogP contribution in [0.25, 0.3) is 0 Å². The second-order valence-corrected chi connectivity index (χ2v) is 4.93. The van der Waals surface area contributed by atoms with E-state index in [4.69, 9.17) is 5.73 Å². The summed E-state index contributed by atoms with van der Waals surface area (Å²) in [6.07, 6.45) is 0.870. The smallest absolute Gasteiger partial charge is 0.258 e. The summed E-state index contributed by atoms with van der Waals surface area (Å²) in [6, 6.07) is 13.6. The third kappa shape index (κ3) is 1.97. The molecular formula is C16H16N2O. The van der Waals surface area contributed by atoms with E-state index in [0.717, 1.165) is 28.8 Å². The van der Waals surface area contributed by atoms with Crippen LogP contribution in [0.15, 0.2) is 42.5 Å². The van der Waals surface area contributed by atoms with Crippen molar-refractivity contribution in [2.24, 2.45) is 0 Å². The quantitative estimate of drug-likeness (QED) is 0.793. The number of hydrogen-bond donors (Lipinski definition) is 1. The molecule has 1 heterocycles. The van der Waals surface area contributed by atoms with Crippen LogP contribution >= 0.6 is 0 Å². The van der Waals surface area contributed by atoms with E-state index in [-0.39, 0.29) is 5.91 Å². The van der Waals surface area contributed by atoms with Gasteiger partial charge in [0.1, 0.15) is 0 Å². The van der Waals surface area contributed by atoms with Crippen molar-refractivity contribution in [3.05, 3.63) is 59.2 Å². The van der Waals surface area contributed by atoms with Crippen LogP contribution in [-0.4, -0.2) is 12.5 Å². The zero-order chi connectivity index (χ0) is 13.4. The van der Waals surface area contributed by atoms with Gasteiger partial charge in [-0.3, -0.25) is 4.79 Å². The van der Waals surface area contributed by atoms with Gasteiger partial charge >= 0.3 is 0 Å². The molecule has 2 aromatic carbocycles. The molecule has 3 heteroatoms. The standard InChI is InChI=1S/C16H16N2O/c1-11-6-7-14(17)15(10-11)18-9-8-12-4-2-3-5-13(12)16(18)19/h2-7,10H,8-9,17H2,1H3. The van der Waals surface area contributed by atoms with Gasteiger partial charge in [-0.2, -0.15) is 0 Å². The van der Waals surface area contributed by atoms with Gasteiger partial charge in [-0.05, 0) is 42.7 Å². The molecule has 0 saturated carbocycles. The van der Waals surface area contributed by atoms with Crippen molar-refractivity contribution in [1.29, 1.82) is 0 Å². The van der Waals surface area contributed by atoms with Crippen molar-refractivity contribution in [2.45, 2.75) is 13.3 Å². The number of aryl methyl sites for hydroxylation is 1. The summed E-state index contributed by atoms with van der Waals surface area (Å²) in [5, 5.41) is 0. The number of fused-ring (bicyclic) bond motifs is 1. The molecule has 0 spiro atoms. The van der Waals surface area contributed by atoms with E-state index >= 15 is 0 Å². The molecule has 1 aliphatic heterocycles. The summed E-state index contributed by atoms with van der Waals surface area (Å²) in [6.45, 7) is 2.69. The predicted molar refractivity (Wildman–Crippen MR) is 77.4 cm³/mol. The highest BCUT2D eigenvalue weighted by Gasteiger charge is 2.26. The summed E-state index contributed by atoms with van der Waals surface area (Å²) in [5.74, 6) is 0.0409. The van der Waals surface area contributed by atoms with Crippen LogP contribution in [0.3, 0.4) is 0 Å². The topological polar surface area (TPSA) is 46.3 Å². The molecule has 0 bridgehead atoms. The van der Waals surface area contributed by atoms with Gasteiger partial charge in [-0.15, -0.1) is 0 Å².